The minimum Gasteiger partial charge on any atom is -0.444 e. The maximum absolute atomic E-state index is 14.5. The van der Waals surface area contributed by atoms with Crippen LogP contribution in [0, 0.1) is 6.92 Å². The summed E-state index contributed by atoms with van der Waals surface area (Å²) in [6.45, 7) is 6.83. The van der Waals surface area contributed by atoms with Crippen molar-refractivity contribution >= 4 is 46.0 Å². The second kappa shape index (κ2) is 13.2. The van der Waals surface area contributed by atoms with Crippen molar-refractivity contribution in [3.8, 4) is 0 Å². The molecule has 0 radical (unpaired) electrons. The predicted molar refractivity (Wildman–Crippen MR) is 184 cm³/mol. The van der Waals surface area contributed by atoms with Gasteiger partial charge in [0.2, 0.25) is 0 Å². The number of pyridine rings is 2. The SMILES string of the molecule is Cc1nc(N2CCN(C(=O)OC(C)(C)C)CC2C(F)(F)F)ccc1N(Cc1ccc2c3c(c(Cl)nc2c1)COC3)C(=O)c1cnc(C2CC2)nc1. The van der Waals surface area contributed by atoms with Gasteiger partial charge in [0.15, 0.2) is 0 Å². The topological polar surface area (TPSA) is 114 Å². The molecule has 0 bridgehead atoms. The summed E-state index contributed by atoms with van der Waals surface area (Å²) in [5.74, 6) is 0.676. The maximum Gasteiger partial charge on any atom is 0.410 e. The van der Waals surface area contributed by atoms with E-state index >= 15 is 0 Å². The zero-order valence-corrected chi connectivity index (χ0v) is 29.4. The number of halogens is 4. The molecule has 2 fully saturated rings. The van der Waals surface area contributed by atoms with Crippen LogP contribution < -0.4 is 9.80 Å². The number of fused-ring (bicyclic) bond motifs is 3. The molecule has 3 aromatic heterocycles. The van der Waals surface area contributed by atoms with E-state index in [0.29, 0.717) is 47.0 Å². The van der Waals surface area contributed by atoms with E-state index in [1.54, 1.807) is 33.8 Å². The lowest BCUT2D eigenvalue weighted by Gasteiger charge is -2.42. The molecule has 4 aromatic rings. The van der Waals surface area contributed by atoms with Crippen molar-refractivity contribution in [3.63, 3.8) is 0 Å². The normalized spacial score (nSPS) is 17.8. The third kappa shape index (κ3) is 7.29. The number of aromatic nitrogens is 4. The predicted octanol–water partition coefficient (Wildman–Crippen LogP) is 7.12. The summed E-state index contributed by atoms with van der Waals surface area (Å²) in [5.41, 5.74) is 3.39. The van der Waals surface area contributed by atoms with Crippen LogP contribution in [0.15, 0.2) is 42.7 Å². The van der Waals surface area contributed by atoms with Crippen molar-refractivity contribution in [2.24, 2.45) is 0 Å². The molecule has 1 saturated carbocycles. The van der Waals surface area contributed by atoms with Crippen LogP contribution in [0.5, 0.6) is 0 Å². The number of ether oxygens (including phenoxy) is 2. The van der Waals surface area contributed by atoms with Gasteiger partial charge in [-0.2, -0.15) is 13.2 Å². The van der Waals surface area contributed by atoms with Gasteiger partial charge in [-0.05, 0) is 69.9 Å². The fraction of sp³-hybridized carbons (Fsp3) is 0.444. The summed E-state index contributed by atoms with van der Waals surface area (Å²) in [6.07, 6.45) is -0.424. The highest BCUT2D eigenvalue weighted by Gasteiger charge is 2.48. The molecule has 15 heteroatoms. The highest BCUT2D eigenvalue weighted by molar-refractivity contribution is 6.30. The van der Waals surface area contributed by atoms with Crippen LogP contribution in [0.3, 0.4) is 0 Å². The standard InChI is InChI=1S/C36H37ClF3N7O4/c1-20-28(9-10-30(43-20)46-12-11-45(17-29(46)36(38,39)40)34(49)51-35(2,3)4)47(33(48)23-14-41-32(42-15-23)22-6-7-22)16-21-5-8-24-25-18-50-19-26(25)31(37)44-27(24)13-21/h5,8-10,13-15,22,29H,6-7,11-12,16-19H2,1-4H3. The van der Waals surface area contributed by atoms with Crippen molar-refractivity contribution in [1.29, 1.82) is 0 Å². The second-order valence-corrected chi connectivity index (χ2v) is 14.5. The van der Waals surface area contributed by atoms with E-state index in [-0.39, 0.29) is 31.0 Å². The minimum atomic E-state index is -4.66. The number of amides is 2. The third-order valence-electron chi connectivity index (χ3n) is 9.20. The average Bonchev–Trinajstić information content (AvgIpc) is 3.81. The van der Waals surface area contributed by atoms with Crippen LogP contribution in [0.2, 0.25) is 5.15 Å². The first kappa shape index (κ1) is 34.9. The van der Waals surface area contributed by atoms with Gasteiger partial charge in [0.25, 0.3) is 5.91 Å². The minimum absolute atomic E-state index is 0.0147. The summed E-state index contributed by atoms with van der Waals surface area (Å²) in [4.78, 5) is 48.7. The Balaban J connectivity index is 1.21. The lowest BCUT2D eigenvalue weighted by atomic mass is 10.0. The van der Waals surface area contributed by atoms with Crippen LogP contribution in [-0.2, 0) is 29.2 Å². The molecule has 268 valence electrons. The summed E-state index contributed by atoms with van der Waals surface area (Å²) < 4.78 is 54.3. The fourth-order valence-electron chi connectivity index (χ4n) is 6.47. The number of rotatable bonds is 6. The number of aryl methyl sites for hydroxylation is 1. The Bertz CT molecular complexity index is 2000. The quantitative estimate of drug-likeness (QED) is 0.192. The number of nitrogens with zero attached hydrogens (tertiary/aromatic N) is 7. The zero-order chi connectivity index (χ0) is 36.2. The van der Waals surface area contributed by atoms with Gasteiger partial charge in [0, 0.05) is 42.4 Å². The van der Waals surface area contributed by atoms with Gasteiger partial charge in [0.1, 0.15) is 28.4 Å². The Morgan fingerprint density at radius 1 is 1.02 bits per heavy atom. The molecule has 1 saturated heterocycles. The number of carbonyl (C=O) groups excluding carboxylic acids is 2. The number of hydrogen-bond acceptors (Lipinski definition) is 9. The van der Waals surface area contributed by atoms with Gasteiger partial charge >= 0.3 is 12.3 Å². The Labute approximate surface area is 297 Å². The molecular formula is C36H37ClF3N7O4. The molecule has 1 unspecified atom stereocenters. The number of hydrogen-bond donors (Lipinski definition) is 0. The lowest BCUT2D eigenvalue weighted by molar-refractivity contribution is -0.155. The Morgan fingerprint density at radius 2 is 1.75 bits per heavy atom. The molecule has 0 N–H and O–H groups in total. The van der Waals surface area contributed by atoms with E-state index in [1.165, 1.54) is 23.4 Å². The number of alkyl halides is 3. The molecule has 1 atom stereocenters. The molecule has 1 aliphatic carbocycles. The van der Waals surface area contributed by atoms with Crippen molar-refractivity contribution in [2.45, 2.75) is 84.0 Å². The van der Waals surface area contributed by atoms with Gasteiger partial charge in [-0.1, -0.05) is 23.7 Å². The molecule has 2 aliphatic heterocycles. The van der Waals surface area contributed by atoms with Gasteiger partial charge in [-0.25, -0.2) is 24.7 Å². The van der Waals surface area contributed by atoms with E-state index in [1.807, 2.05) is 18.2 Å². The van der Waals surface area contributed by atoms with E-state index in [9.17, 15) is 22.8 Å². The summed E-state index contributed by atoms with van der Waals surface area (Å²) in [6, 6.07) is 6.76. The molecule has 51 heavy (non-hydrogen) atoms. The number of benzene rings is 1. The highest BCUT2D eigenvalue weighted by atomic mass is 35.5. The van der Waals surface area contributed by atoms with Crippen LogP contribution >= 0.6 is 11.6 Å². The van der Waals surface area contributed by atoms with Crippen molar-refractivity contribution < 1.29 is 32.2 Å². The van der Waals surface area contributed by atoms with Crippen molar-refractivity contribution in [1.82, 2.24) is 24.8 Å². The zero-order valence-electron chi connectivity index (χ0n) is 28.6. The molecule has 1 aromatic carbocycles. The smallest absolute Gasteiger partial charge is 0.410 e. The molecule has 0 spiro atoms. The van der Waals surface area contributed by atoms with E-state index in [0.717, 1.165) is 44.7 Å². The highest BCUT2D eigenvalue weighted by Crippen LogP contribution is 2.38. The molecule has 3 aliphatic rings. The van der Waals surface area contributed by atoms with Crippen LogP contribution in [0.1, 0.15) is 78.1 Å². The number of piperazine rings is 1. The van der Waals surface area contributed by atoms with Crippen LogP contribution in [-0.4, -0.2) is 74.3 Å². The number of carbonyl (C=O) groups is 2. The second-order valence-electron chi connectivity index (χ2n) is 14.2. The lowest BCUT2D eigenvalue weighted by Crippen LogP contribution is -2.61. The summed E-state index contributed by atoms with van der Waals surface area (Å²) in [7, 11) is 0. The van der Waals surface area contributed by atoms with Crippen molar-refractivity contribution in [2.75, 3.05) is 29.4 Å². The van der Waals surface area contributed by atoms with E-state index in [4.69, 9.17) is 21.1 Å². The van der Waals surface area contributed by atoms with Gasteiger partial charge < -0.3 is 24.2 Å². The first-order valence-corrected chi connectivity index (χ1v) is 17.1. The van der Waals surface area contributed by atoms with Gasteiger partial charge in [-0.3, -0.25) is 4.79 Å². The summed E-state index contributed by atoms with van der Waals surface area (Å²) >= 11 is 6.48. The van der Waals surface area contributed by atoms with Crippen molar-refractivity contribution in [3.05, 3.63) is 81.7 Å². The first-order chi connectivity index (χ1) is 24.2. The average molecular weight is 724 g/mol. The monoisotopic (exact) mass is 723 g/mol. The molecular weight excluding hydrogens is 687 g/mol. The Morgan fingerprint density at radius 3 is 2.41 bits per heavy atom. The largest absolute Gasteiger partial charge is 0.444 e. The van der Waals surface area contributed by atoms with Gasteiger partial charge in [-0.15, -0.1) is 0 Å². The Hall–Kier alpha value is -4.56. The third-order valence-corrected chi connectivity index (χ3v) is 9.51. The van der Waals surface area contributed by atoms with E-state index in [2.05, 4.69) is 19.9 Å². The fourth-order valence-corrected chi connectivity index (χ4v) is 6.73. The first-order valence-electron chi connectivity index (χ1n) is 16.8. The molecule has 7 rings (SSSR count). The van der Waals surface area contributed by atoms with E-state index < -0.39 is 36.4 Å². The molecule has 5 heterocycles. The van der Waals surface area contributed by atoms with Crippen LogP contribution in [0.25, 0.3) is 10.9 Å². The summed E-state index contributed by atoms with van der Waals surface area (Å²) in [5, 5.41) is 1.28. The Kier molecular flexibility index (Phi) is 9.03. The molecule has 2 amide bonds. The molecule has 11 nitrogen and oxygen atoms in total. The van der Waals surface area contributed by atoms with Gasteiger partial charge in [0.05, 0.1) is 48.8 Å². The number of anilines is 2. The van der Waals surface area contributed by atoms with Crippen LogP contribution in [0.4, 0.5) is 29.5 Å². The maximum atomic E-state index is 14.5.